The van der Waals surface area contributed by atoms with Gasteiger partial charge in [0.25, 0.3) is 0 Å². The normalized spacial score (nSPS) is 12.6. The number of benzene rings is 1. The van der Waals surface area contributed by atoms with Crippen molar-refractivity contribution in [2.45, 2.75) is 26.9 Å². The zero-order valence-corrected chi connectivity index (χ0v) is 9.93. The van der Waals surface area contributed by atoms with Gasteiger partial charge >= 0.3 is 0 Å². The number of hydrogen-bond acceptors (Lipinski definition) is 3. The highest BCUT2D eigenvalue weighted by atomic mass is 16.5. The summed E-state index contributed by atoms with van der Waals surface area (Å²) in [6.07, 6.45) is -0.540. The Kier molecular flexibility index (Phi) is 4.50. The molecular formula is C13H18O3. The fraction of sp³-hybridized carbons (Fsp3) is 0.462. The maximum absolute atomic E-state index is 11.9. The molecule has 0 saturated heterocycles. The smallest absolute Gasteiger partial charge is 0.169 e. The summed E-state index contributed by atoms with van der Waals surface area (Å²) < 4.78 is 5.40. The maximum atomic E-state index is 11.9. The number of Topliss-reactive ketones (excluding diaryl/α,β-unsaturated/α-hetero) is 1. The molecule has 0 aliphatic rings. The average Bonchev–Trinajstić information content (AvgIpc) is 2.25. The minimum atomic E-state index is -0.540. The van der Waals surface area contributed by atoms with Gasteiger partial charge in [-0.1, -0.05) is 26.0 Å². The van der Waals surface area contributed by atoms with Gasteiger partial charge in [-0.25, -0.2) is 0 Å². The molecule has 0 aliphatic heterocycles. The minimum absolute atomic E-state index is 0.0567. The zero-order chi connectivity index (χ0) is 12.1. The third-order valence-electron chi connectivity index (χ3n) is 2.16. The highest BCUT2D eigenvalue weighted by Gasteiger charge is 2.15. The second kappa shape index (κ2) is 5.66. The number of para-hydroxylation sites is 1. The summed E-state index contributed by atoms with van der Waals surface area (Å²) in [7, 11) is 0. The number of ether oxygens (including phenoxy) is 1. The van der Waals surface area contributed by atoms with Crippen LogP contribution in [0.1, 0.15) is 31.1 Å². The Balaban J connectivity index is 2.87. The van der Waals surface area contributed by atoms with Gasteiger partial charge in [0, 0.05) is 5.92 Å². The molecule has 1 N–H and O–H groups in total. The van der Waals surface area contributed by atoms with Gasteiger partial charge in [0.05, 0.1) is 11.7 Å². The third-order valence-corrected chi connectivity index (χ3v) is 2.16. The zero-order valence-electron chi connectivity index (χ0n) is 9.93. The lowest BCUT2D eigenvalue weighted by atomic mass is 10.0. The molecule has 1 aromatic carbocycles. The topological polar surface area (TPSA) is 46.5 Å². The van der Waals surface area contributed by atoms with Gasteiger partial charge in [0.15, 0.2) is 5.78 Å². The number of aliphatic hydroxyl groups is 1. The molecule has 0 fully saturated rings. The molecule has 0 aliphatic carbocycles. The van der Waals surface area contributed by atoms with E-state index in [-0.39, 0.29) is 18.3 Å². The standard InChI is InChI=1S/C13H18O3/c1-9(2)13(15)11-6-4-5-7-12(11)16-8-10(3)14/h4-7,9-10,14H,8H2,1-3H3. The van der Waals surface area contributed by atoms with E-state index in [1.807, 2.05) is 26.0 Å². The van der Waals surface area contributed by atoms with E-state index in [0.29, 0.717) is 11.3 Å². The SMILES string of the molecule is CC(O)COc1ccccc1C(=O)C(C)C. The summed E-state index contributed by atoms with van der Waals surface area (Å²) in [6.45, 7) is 5.55. The summed E-state index contributed by atoms with van der Waals surface area (Å²) in [6, 6.07) is 7.12. The van der Waals surface area contributed by atoms with Crippen LogP contribution >= 0.6 is 0 Å². The molecule has 1 rings (SSSR count). The molecule has 0 aromatic heterocycles. The van der Waals surface area contributed by atoms with Crippen molar-refractivity contribution in [3.05, 3.63) is 29.8 Å². The second-order valence-corrected chi connectivity index (χ2v) is 4.18. The number of ketones is 1. The molecule has 1 atom stereocenters. The van der Waals surface area contributed by atoms with Crippen LogP contribution < -0.4 is 4.74 Å². The predicted molar refractivity (Wildman–Crippen MR) is 62.8 cm³/mol. The lowest BCUT2D eigenvalue weighted by molar-refractivity contribution is 0.0924. The van der Waals surface area contributed by atoms with Crippen LogP contribution in [0.25, 0.3) is 0 Å². The first-order valence-electron chi connectivity index (χ1n) is 5.46. The van der Waals surface area contributed by atoms with Gasteiger partial charge in [0.1, 0.15) is 12.4 Å². The van der Waals surface area contributed by atoms with Crippen molar-refractivity contribution in [2.75, 3.05) is 6.61 Å². The molecule has 0 amide bonds. The second-order valence-electron chi connectivity index (χ2n) is 4.18. The fourth-order valence-corrected chi connectivity index (χ4v) is 1.32. The fourth-order valence-electron chi connectivity index (χ4n) is 1.32. The van der Waals surface area contributed by atoms with E-state index in [4.69, 9.17) is 9.84 Å². The third kappa shape index (κ3) is 3.35. The van der Waals surface area contributed by atoms with Gasteiger partial charge in [-0.3, -0.25) is 4.79 Å². The van der Waals surface area contributed by atoms with Crippen LogP contribution in [-0.2, 0) is 0 Å². The first-order chi connectivity index (χ1) is 7.52. The summed E-state index contributed by atoms with van der Waals surface area (Å²) in [5.41, 5.74) is 0.582. The Morgan fingerprint density at radius 3 is 2.50 bits per heavy atom. The molecule has 16 heavy (non-hydrogen) atoms. The highest BCUT2D eigenvalue weighted by molar-refractivity contribution is 5.99. The summed E-state index contributed by atoms with van der Waals surface area (Å²) in [5.74, 6) is 0.541. The summed E-state index contributed by atoms with van der Waals surface area (Å²) in [5, 5.41) is 9.14. The van der Waals surface area contributed by atoms with Crippen LogP contribution in [-0.4, -0.2) is 23.6 Å². The van der Waals surface area contributed by atoms with Gasteiger partial charge in [-0.2, -0.15) is 0 Å². The van der Waals surface area contributed by atoms with Crippen molar-refractivity contribution in [3.8, 4) is 5.75 Å². The Morgan fingerprint density at radius 2 is 1.94 bits per heavy atom. The van der Waals surface area contributed by atoms with E-state index in [9.17, 15) is 4.79 Å². The van der Waals surface area contributed by atoms with Crippen molar-refractivity contribution in [3.63, 3.8) is 0 Å². The van der Waals surface area contributed by atoms with Crippen LogP contribution in [0.15, 0.2) is 24.3 Å². The molecule has 0 saturated carbocycles. The van der Waals surface area contributed by atoms with Crippen molar-refractivity contribution >= 4 is 5.78 Å². The number of carbonyl (C=O) groups excluding carboxylic acids is 1. The van der Waals surface area contributed by atoms with E-state index in [2.05, 4.69) is 0 Å². The molecule has 0 bridgehead atoms. The van der Waals surface area contributed by atoms with Crippen LogP contribution in [0.5, 0.6) is 5.75 Å². The minimum Gasteiger partial charge on any atom is -0.490 e. The number of aliphatic hydroxyl groups excluding tert-OH is 1. The molecule has 1 unspecified atom stereocenters. The quantitative estimate of drug-likeness (QED) is 0.777. The van der Waals surface area contributed by atoms with E-state index in [1.165, 1.54) is 0 Å². The number of carbonyl (C=O) groups is 1. The average molecular weight is 222 g/mol. The van der Waals surface area contributed by atoms with E-state index in [0.717, 1.165) is 0 Å². The lowest BCUT2D eigenvalue weighted by Crippen LogP contribution is -2.15. The van der Waals surface area contributed by atoms with Gasteiger partial charge in [-0.05, 0) is 19.1 Å². The lowest BCUT2D eigenvalue weighted by Gasteiger charge is -2.13. The van der Waals surface area contributed by atoms with E-state index < -0.39 is 6.10 Å². The Labute approximate surface area is 96.1 Å². The Morgan fingerprint density at radius 1 is 1.31 bits per heavy atom. The monoisotopic (exact) mass is 222 g/mol. The van der Waals surface area contributed by atoms with Crippen molar-refractivity contribution in [2.24, 2.45) is 5.92 Å². The molecule has 0 radical (unpaired) electrons. The number of rotatable bonds is 5. The molecule has 3 nitrogen and oxygen atoms in total. The van der Waals surface area contributed by atoms with Crippen LogP contribution in [0.4, 0.5) is 0 Å². The molecule has 0 heterocycles. The maximum Gasteiger partial charge on any atom is 0.169 e. The van der Waals surface area contributed by atoms with Crippen molar-refractivity contribution in [1.29, 1.82) is 0 Å². The van der Waals surface area contributed by atoms with Crippen molar-refractivity contribution in [1.82, 2.24) is 0 Å². The largest absolute Gasteiger partial charge is 0.490 e. The molecule has 88 valence electrons. The summed E-state index contributed by atoms with van der Waals surface area (Å²) in [4.78, 5) is 11.9. The Hall–Kier alpha value is -1.35. The van der Waals surface area contributed by atoms with E-state index >= 15 is 0 Å². The van der Waals surface area contributed by atoms with Gasteiger partial charge in [-0.15, -0.1) is 0 Å². The number of hydrogen-bond donors (Lipinski definition) is 1. The highest BCUT2D eigenvalue weighted by Crippen LogP contribution is 2.21. The molecule has 3 heteroatoms. The Bertz CT molecular complexity index is 356. The van der Waals surface area contributed by atoms with Gasteiger partial charge in [0.2, 0.25) is 0 Å². The molecular weight excluding hydrogens is 204 g/mol. The molecule has 0 spiro atoms. The van der Waals surface area contributed by atoms with E-state index in [1.54, 1.807) is 19.1 Å². The first-order valence-corrected chi connectivity index (χ1v) is 5.46. The van der Waals surface area contributed by atoms with Crippen molar-refractivity contribution < 1.29 is 14.6 Å². The first kappa shape index (κ1) is 12.7. The summed E-state index contributed by atoms with van der Waals surface area (Å²) >= 11 is 0. The van der Waals surface area contributed by atoms with Crippen LogP contribution in [0, 0.1) is 5.92 Å². The molecule has 1 aromatic rings. The van der Waals surface area contributed by atoms with Crippen LogP contribution in [0.3, 0.4) is 0 Å². The predicted octanol–water partition coefficient (Wildman–Crippen LogP) is 2.28. The van der Waals surface area contributed by atoms with Crippen LogP contribution in [0.2, 0.25) is 0 Å². The van der Waals surface area contributed by atoms with Gasteiger partial charge < -0.3 is 9.84 Å².